The topological polar surface area (TPSA) is 45.5 Å². The first-order valence-corrected chi connectivity index (χ1v) is 8.55. The molecule has 2 aromatic rings. The van der Waals surface area contributed by atoms with E-state index in [-0.39, 0.29) is 5.91 Å². The van der Waals surface area contributed by atoms with E-state index in [4.69, 9.17) is 4.42 Å². The van der Waals surface area contributed by atoms with Gasteiger partial charge in [0.25, 0.3) is 5.91 Å². The van der Waals surface area contributed by atoms with E-state index in [9.17, 15) is 4.79 Å². The zero-order chi connectivity index (χ0) is 16.4. The van der Waals surface area contributed by atoms with E-state index in [1.807, 2.05) is 31.2 Å². The maximum Gasteiger partial charge on any atom is 0.251 e. The molecule has 0 spiro atoms. The first-order valence-electron chi connectivity index (χ1n) is 8.55. The Hall–Kier alpha value is -1.81. The smallest absolute Gasteiger partial charge is 0.251 e. The van der Waals surface area contributed by atoms with Crippen molar-refractivity contribution in [1.29, 1.82) is 0 Å². The van der Waals surface area contributed by atoms with E-state index in [0.717, 1.165) is 29.8 Å². The lowest BCUT2D eigenvalue weighted by Gasteiger charge is -2.35. The fourth-order valence-electron chi connectivity index (χ4n) is 3.39. The summed E-state index contributed by atoms with van der Waals surface area (Å²) in [5.74, 6) is 1.43. The lowest BCUT2D eigenvalue weighted by Crippen LogP contribution is -2.43. The van der Waals surface area contributed by atoms with Crippen LogP contribution in [0.1, 0.15) is 42.8 Å². The molecule has 124 valence electrons. The molecule has 0 bridgehead atoms. The van der Waals surface area contributed by atoms with Crippen molar-refractivity contribution in [3.8, 4) is 0 Å². The summed E-state index contributed by atoms with van der Waals surface area (Å²) < 4.78 is 5.55. The average Bonchev–Trinajstić information content (AvgIpc) is 2.91. The molecule has 0 radical (unpaired) electrons. The molecular weight excluding hydrogens is 288 g/mol. The number of hydrogen-bond acceptors (Lipinski definition) is 3. The second-order valence-corrected chi connectivity index (χ2v) is 6.92. The lowest BCUT2D eigenvalue weighted by molar-refractivity contribution is 0.0923. The molecule has 1 saturated heterocycles. The van der Waals surface area contributed by atoms with Gasteiger partial charge in [-0.15, -0.1) is 0 Å². The van der Waals surface area contributed by atoms with Crippen LogP contribution in [0.4, 0.5) is 0 Å². The van der Waals surface area contributed by atoms with Gasteiger partial charge in [-0.3, -0.25) is 4.79 Å². The van der Waals surface area contributed by atoms with Crippen LogP contribution in [0.25, 0.3) is 11.0 Å². The molecule has 2 heterocycles. The largest absolute Gasteiger partial charge is 0.461 e. The number of furan rings is 1. The van der Waals surface area contributed by atoms with Crippen molar-refractivity contribution in [2.24, 2.45) is 5.92 Å². The Morgan fingerprint density at radius 2 is 2.22 bits per heavy atom. The van der Waals surface area contributed by atoms with Crippen LogP contribution in [0, 0.1) is 12.8 Å². The Balaban J connectivity index is 1.59. The van der Waals surface area contributed by atoms with Gasteiger partial charge in [0.2, 0.25) is 0 Å². The van der Waals surface area contributed by atoms with Crippen molar-refractivity contribution >= 4 is 16.9 Å². The highest BCUT2D eigenvalue weighted by Crippen LogP contribution is 2.21. The van der Waals surface area contributed by atoms with Crippen LogP contribution in [0.5, 0.6) is 0 Å². The number of nitrogens with zero attached hydrogens (tertiary/aromatic N) is 1. The first kappa shape index (κ1) is 16.1. The second kappa shape index (κ2) is 6.75. The summed E-state index contributed by atoms with van der Waals surface area (Å²) >= 11 is 0. The molecule has 0 saturated carbocycles. The molecule has 3 rings (SSSR count). The standard InChI is InChI=1S/C19H26N2O2/c1-13(2)21-8-4-5-15(12-21)11-20-19(22)16-6-7-18-17(10-16)9-14(3)23-18/h6-7,9-10,13,15H,4-5,8,11-12H2,1-3H3,(H,20,22)/t15-/m0/s1. The fourth-order valence-corrected chi connectivity index (χ4v) is 3.39. The maximum atomic E-state index is 12.4. The van der Waals surface area contributed by atoms with Gasteiger partial charge in [0, 0.05) is 30.1 Å². The summed E-state index contributed by atoms with van der Waals surface area (Å²) in [5.41, 5.74) is 1.54. The van der Waals surface area contributed by atoms with Gasteiger partial charge in [-0.2, -0.15) is 0 Å². The van der Waals surface area contributed by atoms with Crippen molar-refractivity contribution in [2.45, 2.75) is 39.7 Å². The molecule has 1 aromatic carbocycles. The van der Waals surface area contributed by atoms with Crippen LogP contribution < -0.4 is 5.32 Å². The van der Waals surface area contributed by atoms with Gasteiger partial charge in [-0.05, 0) is 70.3 Å². The van der Waals surface area contributed by atoms with Gasteiger partial charge in [-0.1, -0.05) is 0 Å². The molecule has 23 heavy (non-hydrogen) atoms. The third kappa shape index (κ3) is 3.75. The minimum Gasteiger partial charge on any atom is -0.461 e. The zero-order valence-corrected chi connectivity index (χ0v) is 14.3. The first-order chi connectivity index (χ1) is 11.0. The molecule has 0 unspecified atom stereocenters. The highest BCUT2D eigenvalue weighted by Gasteiger charge is 2.22. The van der Waals surface area contributed by atoms with Crippen molar-refractivity contribution in [3.63, 3.8) is 0 Å². The third-order valence-corrected chi connectivity index (χ3v) is 4.73. The molecule has 4 nitrogen and oxygen atoms in total. The number of aryl methyl sites for hydroxylation is 1. The Morgan fingerprint density at radius 3 is 3.00 bits per heavy atom. The number of benzene rings is 1. The van der Waals surface area contributed by atoms with E-state index in [1.165, 1.54) is 19.4 Å². The van der Waals surface area contributed by atoms with Gasteiger partial charge in [0.15, 0.2) is 0 Å². The highest BCUT2D eigenvalue weighted by atomic mass is 16.3. The molecule has 4 heteroatoms. The van der Waals surface area contributed by atoms with Crippen LogP contribution in [0.2, 0.25) is 0 Å². The van der Waals surface area contributed by atoms with Gasteiger partial charge >= 0.3 is 0 Å². The van der Waals surface area contributed by atoms with Crippen molar-refractivity contribution in [2.75, 3.05) is 19.6 Å². The van der Waals surface area contributed by atoms with E-state index < -0.39 is 0 Å². The van der Waals surface area contributed by atoms with Crippen molar-refractivity contribution in [1.82, 2.24) is 10.2 Å². The van der Waals surface area contributed by atoms with Crippen LogP contribution in [0.15, 0.2) is 28.7 Å². The van der Waals surface area contributed by atoms with Crippen LogP contribution >= 0.6 is 0 Å². The Labute approximate surface area is 137 Å². The number of carbonyl (C=O) groups is 1. The molecule has 1 aliphatic heterocycles. The number of likely N-dealkylation sites (tertiary alicyclic amines) is 1. The summed E-state index contributed by atoms with van der Waals surface area (Å²) in [6, 6.07) is 8.16. The SMILES string of the molecule is Cc1cc2cc(C(=O)NC[C@@H]3CCCN(C(C)C)C3)ccc2o1. The monoisotopic (exact) mass is 314 g/mol. The van der Waals surface area contributed by atoms with Gasteiger partial charge in [0.05, 0.1) is 0 Å². The summed E-state index contributed by atoms with van der Waals surface area (Å²) in [5, 5.41) is 4.09. The second-order valence-electron chi connectivity index (χ2n) is 6.92. The quantitative estimate of drug-likeness (QED) is 0.938. The van der Waals surface area contributed by atoms with E-state index >= 15 is 0 Å². The normalized spacial score (nSPS) is 19.4. The highest BCUT2D eigenvalue weighted by molar-refractivity contribution is 5.97. The van der Waals surface area contributed by atoms with Crippen molar-refractivity contribution in [3.05, 3.63) is 35.6 Å². The third-order valence-electron chi connectivity index (χ3n) is 4.73. The Morgan fingerprint density at radius 1 is 1.39 bits per heavy atom. The van der Waals surface area contributed by atoms with E-state index in [1.54, 1.807) is 0 Å². The zero-order valence-electron chi connectivity index (χ0n) is 14.3. The minimum absolute atomic E-state index is 0.00687. The lowest BCUT2D eigenvalue weighted by atomic mass is 9.97. The number of carbonyl (C=O) groups excluding carboxylic acids is 1. The van der Waals surface area contributed by atoms with Crippen LogP contribution in [0.3, 0.4) is 0 Å². The number of amides is 1. The van der Waals surface area contributed by atoms with E-state index in [0.29, 0.717) is 17.5 Å². The van der Waals surface area contributed by atoms with E-state index in [2.05, 4.69) is 24.1 Å². The van der Waals surface area contributed by atoms with Gasteiger partial charge < -0.3 is 14.6 Å². The number of nitrogens with one attached hydrogen (secondary N) is 1. The minimum atomic E-state index is 0.00687. The summed E-state index contributed by atoms with van der Waals surface area (Å²) in [6.07, 6.45) is 2.42. The number of rotatable bonds is 4. The molecule has 1 aromatic heterocycles. The number of fused-ring (bicyclic) bond motifs is 1. The van der Waals surface area contributed by atoms with Gasteiger partial charge in [0.1, 0.15) is 11.3 Å². The summed E-state index contributed by atoms with van der Waals surface area (Å²) in [7, 11) is 0. The molecule has 1 N–H and O–H groups in total. The summed E-state index contributed by atoms with van der Waals surface area (Å²) in [6.45, 7) is 9.41. The Bertz CT molecular complexity index is 690. The predicted octanol–water partition coefficient (Wildman–Crippen LogP) is 3.59. The number of hydrogen-bond donors (Lipinski definition) is 1. The maximum absolute atomic E-state index is 12.4. The van der Waals surface area contributed by atoms with Crippen LogP contribution in [-0.2, 0) is 0 Å². The molecule has 1 fully saturated rings. The van der Waals surface area contributed by atoms with Gasteiger partial charge in [-0.25, -0.2) is 0 Å². The molecule has 1 atom stereocenters. The number of piperidine rings is 1. The van der Waals surface area contributed by atoms with Crippen LogP contribution in [-0.4, -0.2) is 36.5 Å². The molecule has 0 aliphatic carbocycles. The summed E-state index contributed by atoms with van der Waals surface area (Å²) in [4.78, 5) is 14.9. The average molecular weight is 314 g/mol. The Kier molecular flexibility index (Phi) is 4.71. The molecule has 1 aliphatic rings. The molecular formula is C19H26N2O2. The molecule has 1 amide bonds. The predicted molar refractivity (Wildman–Crippen MR) is 92.7 cm³/mol. The van der Waals surface area contributed by atoms with Crippen molar-refractivity contribution < 1.29 is 9.21 Å². The fraction of sp³-hybridized carbons (Fsp3) is 0.526.